The minimum absolute atomic E-state index is 0.0687. The summed E-state index contributed by atoms with van der Waals surface area (Å²) in [5, 5.41) is 1.57. The fourth-order valence-corrected chi connectivity index (χ4v) is 2.42. The highest BCUT2D eigenvalue weighted by Crippen LogP contribution is 2.32. The maximum atomic E-state index is 11.2. The molecule has 0 aliphatic carbocycles. The Balaban J connectivity index is 3.16. The summed E-state index contributed by atoms with van der Waals surface area (Å²) < 4.78 is 30.4. The van der Waals surface area contributed by atoms with Crippen molar-refractivity contribution in [3.8, 4) is 5.75 Å². The van der Waals surface area contributed by atoms with E-state index in [4.69, 9.17) is 10.7 Å². The number of carbonyl (C=O) groups is 1. The molecule has 0 unspecified atom stereocenters. The third-order valence-electron chi connectivity index (χ3n) is 1.47. The normalized spacial score (nSPS) is 11.1. The predicted octanol–water partition coefficient (Wildman–Crippen LogP) is 1.71. The zero-order valence-corrected chi connectivity index (χ0v) is 10.2. The minimum atomic E-state index is -4.16. The summed E-state index contributed by atoms with van der Waals surface area (Å²) in [4.78, 5) is 11.3. The molecular formula is C7H7ClO5S2. The Morgan fingerprint density at radius 1 is 1.53 bits per heavy atom. The van der Waals surface area contributed by atoms with Gasteiger partial charge >= 0.3 is 15.3 Å². The van der Waals surface area contributed by atoms with Gasteiger partial charge in [-0.15, -0.1) is 11.3 Å². The van der Waals surface area contributed by atoms with Crippen molar-refractivity contribution in [2.75, 3.05) is 7.11 Å². The van der Waals surface area contributed by atoms with Crippen molar-refractivity contribution >= 4 is 37.3 Å². The summed E-state index contributed by atoms with van der Waals surface area (Å²) in [7, 11) is 1.95. The van der Waals surface area contributed by atoms with Gasteiger partial charge < -0.3 is 8.92 Å². The molecule has 0 saturated carbocycles. The molecule has 0 radical (unpaired) electrons. The highest BCUT2D eigenvalue weighted by Gasteiger charge is 2.22. The summed E-state index contributed by atoms with van der Waals surface area (Å²) in [6, 6.07) is 0. The predicted molar refractivity (Wildman–Crippen MR) is 55.8 cm³/mol. The molecule has 0 fully saturated rings. The van der Waals surface area contributed by atoms with E-state index in [1.807, 2.05) is 0 Å². The van der Waals surface area contributed by atoms with Crippen molar-refractivity contribution in [2.24, 2.45) is 0 Å². The third kappa shape index (κ3) is 3.08. The van der Waals surface area contributed by atoms with Gasteiger partial charge in [-0.25, -0.2) is 4.79 Å². The number of hydrogen-bond donors (Lipinski definition) is 0. The number of thiophene rings is 1. The van der Waals surface area contributed by atoms with Crippen LogP contribution in [0, 0.1) is 6.92 Å². The van der Waals surface area contributed by atoms with Gasteiger partial charge in [-0.3, -0.25) is 0 Å². The van der Waals surface area contributed by atoms with Crippen LogP contribution >= 0.6 is 22.0 Å². The Labute approximate surface area is 95.2 Å². The third-order valence-corrected chi connectivity index (χ3v) is 3.09. The van der Waals surface area contributed by atoms with Crippen LogP contribution in [0.25, 0.3) is 0 Å². The van der Waals surface area contributed by atoms with Gasteiger partial charge in [0.1, 0.15) is 0 Å². The molecule has 0 saturated heterocycles. The summed E-state index contributed by atoms with van der Waals surface area (Å²) in [5.74, 6) is -0.745. The van der Waals surface area contributed by atoms with E-state index in [0.29, 0.717) is 5.56 Å². The Morgan fingerprint density at radius 2 is 2.13 bits per heavy atom. The van der Waals surface area contributed by atoms with Crippen LogP contribution < -0.4 is 4.18 Å². The highest BCUT2D eigenvalue weighted by atomic mass is 35.7. The molecule has 15 heavy (non-hydrogen) atoms. The van der Waals surface area contributed by atoms with Crippen molar-refractivity contribution in [1.82, 2.24) is 0 Å². The maximum absolute atomic E-state index is 11.2. The van der Waals surface area contributed by atoms with Crippen molar-refractivity contribution < 1.29 is 22.1 Å². The van der Waals surface area contributed by atoms with E-state index >= 15 is 0 Å². The fraction of sp³-hybridized carbons (Fsp3) is 0.286. The Morgan fingerprint density at radius 3 is 2.60 bits per heavy atom. The van der Waals surface area contributed by atoms with Gasteiger partial charge in [0, 0.05) is 5.56 Å². The summed E-state index contributed by atoms with van der Waals surface area (Å²) in [6.45, 7) is 1.60. The molecule has 0 spiro atoms. The zero-order chi connectivity index (χ0) is 11.6. The number of methoxy groups -OCH3 is 1. The van der Waals surface area contributed by atoms with Crippen LogP contribution in [0.1, 0.15) is 15.2 Å². The molecule has 5 nitrogen and oxygen atoms in total. The largest absolute Gasteiger partial charge is 0.465 e. The maximum Gasteiger partial charge on any atom is 0.401 e. The first kappa shape index (κ1) is 12.3. The lowest BCUT2D eigenvalue weighted by Gasteiger charge is -2.02. The monoisotopic (exact) mass is 270 g/mol. The van der Waals surface area contributed by atoms with Crippen LogP contribution in [0.3, 0.4) is 0 Å². The molecule has 1 heterocycles. The van der Waals surface area contributed by atoms with Gasteiger partial charge in [-0.2, -0.15) is 8.42 Å². The van der Waals surface area contributed by atoms with E-state index in [2.05, 4.69) is 8.92 Å². The smallest absolute Gasteiger partial charge is 0.401 e. The first-order valence-electron chi connectivity index (χ1n) is 3.65. The van der Waals surface area contributed by atoms with Gasteiger partial charge in [-0.05, 0) is 12.3 Å². The van der Waals surface area contributed by atoms with Gasteiger partial charge in [0.25, 0.3) is 0 Å². The van der Waals surface area contributed by atoms with Crippen LogP contribution in [0.4, 0.5) is 0 Å². The van der Waals surface area contributed by atoms with Crippen molar-refractivity contribution in [3.05, 3.63) is 15.8 Å². The first-order chi connectivity index (χ1) is 6.85. The first-order valence-corrected chi connectivity index (χ1v) is 6.77. The van der Waals surface area contributed by atoms with Gasteiger partial charge in [0.2, 0.25) is 0 Å². The van der Waals surface area contributed by atoms with Gasteiger partial charge in [0.05, 0.1) is 17.8 Å². The quantitative estimate of drug-likeness (QED) is 0.618. The molecule has 8 heteroatoms. The second-order valence-corrected chi connectivity index (χ2v) is 5.51. The van der Waals surface area contributed by atoms with Gasteiger partial charge in [0.15, 0.2) is 10.6 Å². The number of halogens is 1. The molecule has 0 atom stereocenters. The summed E-state index contributed by atoms with van der Waals surface area (Å²) in [6.07, 6.45) is 0. The van der Waals surface area contributed by atoms with E-state index in [1.54, 1.807) is 12.3 Å². The number of carbonyl (C=O) groups excluding carboxylic acids is 1. The van der Waals surface area contributed by atoms with E-state index in [0.717, 1.165) is 11.3 Å². The second kappa shape index (κ2) is 4.38. The van der Waals surface area contributed by atoms with Crippen LogP contribution in [-0.2, 0) is 14.1 Å². The van der Waals surface area contributed by atoms with Crippen LogP contribution in [0.5, 0.6) is 5.75 Å². The van der Waals surface area contributed by atoms with E-state index in [9.17, 15) is 13.2 Å². The fourth-order valence-electron chi connectivity index (χ4n) is 0.870. The average molecular weight is 271 g/mol. The number of ether oxygens (including phenoxy) is 1. The standard InChI is InChI=1S/C7H7ClO5S2/c1-4-3-14-6(7(9)12-2)5(4)13-15(8,10)11/h3H,1-2H3. The topological polar surface area (TPSA) is 69.7 Å². The molecule has 0 bridgehead atoms. The molecule has 1 aromatic heterocycles. The summed E-state index contributed by atoms with van der Waals surface area (Å²) >= 11 is 1.03. The van der Waals surface area contributed by atoms with E-state index in [1.165, 1.54) is 7.11 Å². The lowest BCUT2D eigenvalue weighted by atomic mass is 10.3. The number of aryl methyl sites for hydroxylation is 1. The van der Waals surface area contributed by atoms with Gasteiger partial charge in [-0.1, -0.05) is 0 Å². The SMILES string of the molecule is COC(=O)c1scc(C)c1OS(=O)(=O)Cl. The Kier molecular flexibility index (Phi) is 3.58. The van der Waals surface area contributed by atoms with Crippen molar-refractivity contribution in [3.63, 3.8) is 0 Å². The molecule has 0 aliphatic heterocycles. The Hall–Kier alpha value is -0.790. The molecule has 0 aliphatic rings. The minimum Gasteiger partial charge on any atom is -0.465 e. The lowest BCUT2D eigenvalue weighted by Crippen LogP contribution is -2.06. The van der Waals surface area contributed by atoms with E-state index in [-0.39, 0.29) is 10.6 Å². The van der Waals surface area contributed by atoms with E-state index < -0.39 is 15.3 Å². The van der Waals surface area contributed by atoms with Crippen molar-refractivity contribution in [2.45, 2.75) is 6.92 Å². The number of rotatable bonds is 3. The zero-order valence-electron chi connectivity index (χ0n) is 7.81. The second-order valence-electron chi connectivity index (χ2n) is 2.54. The average Bonchev–Trinajstić information content (AvgIpc) is 2.45. The van der Waals surface area contributed by atoms with Crippen molar-refractivity contribution in [1.29, 1.82) is 0 Å². The van der Waals surface area contributed by atoms with Crippen LogP contribution in [0.15, 0.2) is 5.38 Å². The lowest BCUT2D eigenvalue weighted by molar-refractivity contribution is 0.0604. The molecule has 1 aromatic rings. The number of esters is 1. The Bertz CT molecular complexity index is 476. The molecule has 0 amide bonds. The van der Waals surface area contributed by atoms with Crippen LogP contribution in [0.2, 0.25) is 0 Å². The van der Waals surface area contributed by atoms with Crippen LogP contribution in [-0.4, -0.2) is 21.5 Å². The molecule has 0 aromatic carbocycles. The molecule has 84 valence electrons. The molecule has 0 N–H and O–H groups in total. The highest BCUT2D eigenvalue weighted by molar-refractivity contribution is 8.10. The molecule has 1 rings (SSSR count). The number of hydrogen-bond acceptors (Lipinski definition) is 6. The summed E-state index contributed by atoms with van der Waals surface area (Å²) in [5.41, 5.74) is 0.504. The molecular weight excluding hydrogens is 264 g/mol.